The van der Waals surface area contributed by atoms with Gasteiger partial charge in [0.2, 0.25) is 0 Å². The highest BCUT2D eigenvalue weighted by Gasteiger charge is 2.24. The van der Waals surface area contributed by atoms with E-state index in [1.807, 2.05) is 30.3 Å². The van der Waals surface area contributed by atoms with Gasteiger partial charge >= 0.3 is 5.97 Å². The Morgan fingerprint density at radius 1 is 1.30 bits per heavy atom. The lowest BCUT2D eigenvalue weighted by Crippen LogP contribution is -2.32. The van der Waals surface area contributed by atoms with Crippen LogP contribution in [0.2, 0.25) is 0 Å². The Morgan fingerprint density at radius 3 is 2.70 bits per heavy atom. The van der Waals surface area contributed by atoms with Crippen molar-refractivity contribution in [3.05, 3.63) is 35.9 Å². The summed E-state index contributed by atoms with van der Waals surface area (Å²) in [5.41, 5.74) is 0.913. The number of likely N-dealkylation sites (tertiary alicyclic amines) is 1. The molecule has 0 spiro atoms. The molecule has 2 unspecified atom stereocenters. The first kappa shape index (κ1) is 15.0. The molecule has 20 heavy (non-hydrogen) atoms. The second-order valence-electron chi connectivity index (χ2n) is 5.81. The highest BCUT2D eigenvalue weighted by molar-refractivity contribution is 5.76. The molecule has 0 radical (unpaired) electrons. The number of rotatable bonds is 5. The van der Waals surface area contributed by atoms with E-state index in [9.17, 15) is 9.90 Å². The molecule has 1 aromatic rings. The molecular formula is C17H25NO2. The van der Waals surface area contributed by atoms with Crippen LogP contribution in [0.4, 0.5) is 0 Å². The number of aliphatic carboxylic acids is 1. The molecule has 110 valence electrons. The lowest BCUT2D eigenvalue weighted by molar-refractivity contribution is -0.139. The van der Waals surface area contributed by atoms with Crippen LogP contribution in [0.25, 0.3) is 0 Å². The molecule has 1 N–H and O–H groups in total. The van der Waals surface area contributed by atoms with Crippen LogP contribution in [0.5, 0.6) is 0 Å². The van der Waals surface area contributed by atoms with Crippen molar-refractivity contribution in [2.75, 3.05) is 19.6 Å². The maximum Gasteiger partial charge on any atom is 0.312 e. The Morgan fingerprint density at radius 2 is 2.05 bits per heavy atom. The van der Waals surface area contributed by atoms with Gasteiger partial charge < -0.3 is 10.0 Å². The van der Waals surface area contributed by atoms with Crippen LogP contribution in [0, 0.1) is 5.92 Å². The molecule has 1 saturated heterocycles. The lowest BCUT2D eigenvalue weighted by atomic mass is 9.98. The third kappa shape index (κ3) is 4.07. The fourth-order valence-corrected chi connectivity index (χ4v) is 3.09. The smallest absolute Gasteiger partial charge is 0.312 e. The topological polar surface area (TPSA) is 40.5 Å². The zero-order valence-corrected chi connectivity index (χ0v) is 12.3. The average molecular weight is 275 g/mol. The van der Waals surface area contributed by atoms with Gasteiger partial charge in [0, 0.05) is 6.54 Å². The van der Waals surface area contributed by atoms with Gasteiger partial charge in [0.25, 0.3) is 0 Å². The maximum atomic E-state index is 11.6. The first-order valence-electron chi connectivity index (χ1n) is 7.70. The van der Waals surface area contributed by atoms with E-state index >= 15 is 0 Å². The molecule has 3 nitrogen and oxygen atoms in total. The molecule has 1 heterocycles. The van der Waals surface area contributed by atoms with Crippen LogP contribution in [-0.2, 0) is 4.79 Å². The van der Waals surface area contributed by atoms with E-state index in [1.165, 1.54) is 25.7 Å². The summed E-state index contributed by atoms with van der Waals surface area (Å²) in [7, 11) is 0. The minimum Gasteiger partial charge on any atom is -0.481 e. The Hall–Kier alpha value is -1.35. The molecule has 0 saturated carbocycles. The SMILES string of the molecule is CCC1CCCN(CC(C(=O)O)c2ccccc2)CC1. The Balaban J connectivity index is 2.00. The monoisotopic (exact) mass is 275 g/mol. The molecule has 3 heteroatoms. The van der Waals surface area contributed by atoms with Crippen molar-refractivity contribution in [1.82, 2.24) is 4.90 Å². The quantitative estimate of drug-likeness (QED) is 0.895. The number of carboxylic acid groups (broad SMARTS) is 1. The normalized spacial score (nSPS) is 22.1. The van der Waals surface area contributed by atoms with Gasteiger partial charge in [0.1, 0.15) is 0 Å². The minimum absolute atomic E-state index is 0.408. The predicted octanol–water partition coefficient (Wildman–Crippen LogP) is 3.37. The number of carboxylic acids is 1. The minimum atomic E-state index is -0.715. The van der Waals surface area contributed by atoms with Crippen LogP contribution in [0.3, 0.4) is 0 Å². The van der Waals surface area contributed by atoms with Crippen molar-refractivity contribution in [3.63, 3.8) is 0 Å². The molecule has 0 aromatic heterocycles. The number of hydrogen-bond acceptors (Lipinski definition) is 2. The van der Waals surface area contributed by atoms with Gasteiger partial charge in [-0.15, -0.1) is 0 Å². The third-order valence-corrected chi connectivity index (χ3v) is 4.46. The molecule has 0 bridgehead atoms. The predicted molar refractivity (Wildman–Crippen MR) is 80.9 cm³/mol. The standard InChI is InChI=1S/C17H25NO2/c1-2-14-7-6-11-18(12-10-14)13-16(17(19)20)15-8-4-3-5-9-15/h3-5,8-9,14,16H,2,6-7,10-13H2,1H3,(H,19,20). The molecular weight excluding hydrogens is 250 g/mol. The molecule has 2 atom stereocenters. The van der Waals surface area contributed by atoms with Crippen LogP contribution in [0.1, 0.15) is 44.1 Å². The van der Waals surface area contributed by atoms with E-state index in [0.29, 0.717) is 6.54 Å². The number of nitrogens with zero attached hydrogens (tertiary/aromatic N) is 1. The van der Waals surface area contributed by atoms with Gasteiger partial charge in [0.15, 0.2) is 0 Å². The maximum absolute atomic E-state index is 11.6. The second-order valence-corrected chi connectivity index (χ2v) is 5.81. The van der Waals surface area contributed by atoms with Gasteiger partial charge in [0.05, 0.1) is 5.92 Å². The van der Waals surface area contributed by atoms with Crippen molar-refractivity contribution in [1.29, 1.82) is 0 Å². The summed E-state index contributed by atoms with van der Waals surface area (Å²) in [5.74, 6) is -0.304. The summed E-state index contributed by atoms with van der Waals surface area (Å²) < 4.78 is 0. The number of carbonyl (C=O) groups is 1. The van der Waals surface area contributed by atoms with Crippen molar-refractivity contribution < 1.29 is 9.90 Å². The summed E-state index contributed by atoms with van der Waals surface area (Å²) >= 11 is 0. The van der Waals surface area contributed by atoms with Crippen molar-refractivity contribution in [2.24, 2.45) is 5.92 Å². The van der Waals surface area contributed by atoms with E-state index in [-0.39, 0.29) is 0 Å². The molecule has 2 rings (SSSR count). The van der Waals surface area contributed by atoms with Crippen LogP contribution < -0.4 is 0 Å². The van der Waals surface area contributed by atoms with E-state index in [2.05, 4.69) is 11.8 Å². The van der Waals surface area contributed by atoms with Gasteiger partial charge in [-0.2, -0.15) is 0 Å². The zero-order chi connectivity index (χ0) is 14.4. The first-order chi connectivity index (χ1) is 9.70. The first-order valence-corrected chi connectivity index (χ1v) is 7.70. The molecule has 1 fully saturated rings. The van der Waals surface area contributed by atoms with E-state index in [0.717, 1.165) is 24.6 Å². The van der Waals surface area contributed by atoms with Gasteiger partial charge in [-0.1, -0.05) is 43.7 Å². The zero-order valence-electron chi connectivity index (χ0n) is 12.3. The molecule has 1 aliphatic rings. The molecule has 1 aliphatic heterocycles. The summed E-state index contributed by atoms with van der Waals surface area (Å²) in [6, 6.07) is 9.61. The molecule has 1 aromatic carbocycles. The summed E-state index contributed by atoms with van der Waals surface area (Å²) in [6.07, 6.45) is 4.93. The Labute approximate surface area is 121 Å². The molecule has 0 amide bonds. The van der Waals surface area contributed by atoms with Crippen molar-refractivity contribution in [3.8, 4) is 0 Å². The van der Waals surface area contributed by atoms with Crippen LogP contribution in [-0.4, -0.2) is 35.6 Å². The van der Waals surface area contributed by atoms with E-state index in [1.54, 1.807) is 0 Å². The number of benzene rings is 1. The second kappa shape index (κ2) is 7.44. The van der Waals surface area contributed by atoms with E-state index < -0.39 is 11.9 Å². The summed E-state index contributed by atoms with van der Waals surface area (Å²) in [6.45, 7) is 4.96. The van der Waals surface area contributed by atoms with Gasteiger partial charge in [-0.3, -0.25) is 4.79 Å². The highest BCUT2D eigenvalue weighted by Crippen LogP contribution is 2.23. The highest BCUT2D eigenvalue weighted by atomic mass is 16.4. The fourth-order valence-electron chi connectivity index (χ4n) is 3.09. The lowest BCUT2D eigenvalue weighted by Gasteiger charge is -2.24. The average Bonchev–Trinajstić information content (AvgIpc) is 2.70. The summed E-state index contributed by atoms with van der Waals surface area (Å²) in [4.78, 5) is 13.9. The van der Waals surface area contributed by atoms with Crippen molar-refractivity contribution >= 4 is 5.97 Å². The van der Waals surface area contributed by atoms with Crippen LogP contribution >= 0.6 is 0 Å². The van der Waals surface area contributed by atoms with E-state index in [4.69, 9.17) is 0 Å². The Kier molecular flexibility index (Phi) is 5.60. The van der Waals surface area contributed by atoms with Crippen LogP contribution in [0.15, 0.2) is 30.3 Å². The third-order valence-electron chi connectivity index (χ3n) is 4.46. The molecule has 0 aliphatic carbocycles. The van der Waals surface area contributed by atoms with Crippen molar-refractivity contribution in [2.45, 2.75) is 38.5 Å². The number of hydrogen-bond donors (Lipinski definition) is 1. The largest absolute Gasteiger partial charge is 0.481 e. The van der Waals surface area contributed by atoms with Gasteiger partial charge in [-0.25, -0.2) is 0 Å². The summed E-state index contributed by atoms with van der Waals surface area (Å²) in [5, 5.41) is 9.50. The van der Waals surface area contributed by atoms with Gasteiger partial charge in [-0.05, 0) is 43.8 Å². The Bertz CT molecular complexity index is 418. The fraction of sp³-hybridized carbons (Fsp3) is 0.588.